The van der Waals surface area contributed by atoms with E-state index in [0.717, 1.165) is 12.5 Å². The van der Waals surface area contributed by atoms with Crippen LogP contribution < -0.4 is 5.73 Å². The van der Waals surface area contributed by atoms with Gasteiger partial charge in [-0.15, -0.1) is 0 Å². The van der Waals surface area contributed by atoms with Crippen LogP contribution in [0.15, 0.2) is 18.2 Å². The number of nitrogens with two attached hydrogens (primary N) is 1. The summed E-state index contributed by atoms with van der Waals surface area (Å²) in [6, 6.07) is 7.27. The average Bonchev–Trinajstić information content (AvgIpc) is 2.46. The lowest BCUT2D eigenvalue weighted by molar-refractivity contribution is 0.0326. The van der Waals surface area contributed by atoms with Crippen molar-refractivity contribution in [1.82, 2.24) is 0 Å². The molecular formula is C20H31N. The van der Waals surface area contributed by atoms with E-state index in [9.17, 15) is 0 Å². The zero-order valence-corrected chi connectivity index (χ0v) is 14.2. The van der Waals surface area contributed by atoms with Crippen molar-refractivity contribution in [2.24, 2.45) is 17.1 Å². The Hall–Kier alpha value is -0.820. The molecular weight excluding hydrogens is 254 g/mol. The van der Waals surface area contributed by atoms with Gasteiger partial charge in [0.05, 0.1) is 0 Å². The van der Waals surface area contributed by atoms with Crippen molar-refractivity contribution in [2.75, 3.05) is 6.54 Å². The summed E-state index contributed by atoms with van der Waals surface area (Å²) in [7, 11) is 0. The topological polar surface area (TPSA) is 26.0 Å². The van der Waals surface area contributed by atoms with Crippen LogP contribution in [0.4, 0.5) is 0 Å². The van der Waals surface area contributed by atoms with Gasteiger partial charge in [0.1, 0.15) is 0 Å². The number of benzene rings is 1. The monoisotopic (exact) mass is 285 g/mol. The molecule has 116 valence electrons. The largest absolute Gasteiger partial charge is 0.330 e. The first-order chi connectivity index (χ1) is 9.90. The maximum absolute atomic E-state index is 6.20. The van der Waals surface area contributed by atoms with Gasteiger partial charge in [-0.05, 0) is 71.6 Å². The van der Waals surface area contributed by atoms with Gasteiger partial charge >= 0.3 is 0 Å². The van der Waals surface area contributed by atoms with E-state index < -0.39 is 0 Å². The van der Waals surface area contributed by atoms with Gasteiger partial charge in [-0.1, -0.05) is 52.3 Å². The molecule has 0 unspecified atom stereocenters. The van der Waals surface area contributed by atoms with Crippen LogP contribution >= 0.6 is 0 Å². The molecule has 1 nitrogen and oxygen atoms in total. The maximum atomic E-state index is 6.20. The first-order valence-corrected chi connectivity index (χ1v) is 8.74. The summed E-state index contributed by atoms with van der Waals surface area (Å²) >= 11 is 0. The number of aryl methyl sites for hydroxylation is 1. The van der Waals surface area contributed by atoms with Crippen molar-refractivity contribution in [3.8, 4) is 0 Å². The second-order valence-corrected chi connectivity index (χ2v) is 8.29. The first kappa shape index (κ1) is 15.1. The van der Waals surface area contributed by atoms with Crippen molar-refractivity contribution in [1.29, 1.82) is 0 Å². The summed E-state index contributed by atoms with van der Waals surface area (Å²) in [5.74, 6) is 1.36. The van der Waals surface area contributed by atoms with Gasteiger partial charge < -0.3 is 5.73 Å². The van der Waals surface area contributed by atoms with Gasteiger partial charge in [-0.3, -0.25) is 0 Å². The Morgan fingerprint density at radius 1 is 1.24 bits per heavy atom. The molecule has 21 heavy (non-hydrogen) atoms. The summed E-state index contributed by atoms with van der Waals surface area (Å²) in [6.07, 6.45) is 6.53. The second-order valence-electron chi connectivity index (χ2n) is 8.29. The Balaban J connectivity index is 2.09. The number of hydrogen-bond donors (Lipinski definition) is 1. The number of hydrogen-bond acceptors (Lipinski definition) is 1. The molecule has 0 heterocycles. The first-order valence-electron chi connectivity index (χ1n) is 8.74. The van der Waals surface area contributed by atoms with Gasteiger partial charge in [-0.25, -0.2) is 0 Å². The van der Waals surface area contributed by atoms with Crippen LogP contribution in [0, 0.1) is 11.3 Å². The molecule has 0 bridgehead atoms. The van der Waals surface area contributed by atoms with E-state index in [0.29, 0.717) is 16.7 Å². The SMILES string of the molecule is CC(C)c1ccc2c(c1)[C@]1(C)CCC[C@@](C)(CN)[C@H]1CC2. The predicted molar refractivity (Wildman–Crippen MR) is 90.7 cm³/mol. The molecule has 3 rings (SSSR count). The van der Waals surface area contributed by atoms with Crippen LogP contribution in [0.3, 0.4) is 0 Å². The Bertz CT molecular complexity index is 533. The molecule has 1 saturated carbocycles. The quantitative estimate of drug-likeness (QED) is 0.831. The summed E-state index contributed by atoms with van der Waals surface area (Å²) < 4.78 is 0. The van der Waals surface area contributed by atoms with E-state index in [-0.39, 0.29) is 0 Å². The highest BCUT2D eigenvalue weighted by atomic mass is 14.7. The van der Waals surface area contributed by atoms with Gasteiger partial charge in [0.2, 0.25) is 0 Å². The van der Waals surface area contributed by atoms with Crippen molar-refractivity contribution in [3.63, 3.8) is 0 Å². The molecule has 1 aromatic rings. The molecule has 0 spiro atoms. The minimum absolute atomic E-state index is 0.332. The maximum Gasteiger partial charge on any atom is -0.00202 e. The Morgan fingerprint density at radius 2 is 2.00 bits per heavy atom. The molecule has 2 aliphatic rings. The minimum Gasteiger partial charge on any atom is -0.330 e. The summed E-state index contributed by atoms with van der Waals surface area (Å²) in [4.78, 5) is 0. The van der Waals surface area contributed by atoms with Crippen LogP contribution in [0.25, 0.3) is 0 Å². The lowest BCUT2D eigenvalue weighted by Crippen LogP contribution is -2.51. The molecule has 0 radical (unpaired) electrons. The third-order valence-corrected chi connectivity index (χ3v) is 6.64. The molecule has 0 amide bonds. The van der Waals surface area contributed by atoms with Gasteiger partial charge in [0.25, 0.3) is 0 Å². The lowest BCUT2D eigenvalue weighted by Gasteiger charge is -2.55. The number of rotatable bonds is 2. The minimum atomic E-state index is 0.332. The second kappa shape index (κ2) is 5.12. The highest BCUT2D eigenvalue weighted by Crippen LogP contribution is 2.57. The van der Waals surface area contributed by atoms with E-state index in [1.807, 2.05) is 0 Å². The van der Waals surface area contributed by atoms with Crippen molar-refractivity contribution in [2.45, 2.75) is 71.1 Å². The fraction of sp³-hybridized carbons (Fsp3) is 0.700. The van der Waals surface area contributed by atoms with Gasteiger partial charge in [0.15, 0.2) is 0 Å². The third-order valence-electron chi connectivity index (χ3n) is 6.64. The Morgan fingerprint density at radius 3 is 2.67 bits per heavy atom. The van der Waals surface area contributed by atoms with Crippen LogP contribution in [0.5, 0.6) is 0 Å². The summed E-state index contributed by atoms with van der Waals surface area (Å²) in [6.45, 7) is 10.4. The zero-order chi connectivity index (χ0) is 15.3. The van der Waals surface area contributed by atoms with Crippen molar-refractivity contribution in [3.05, 3.63) is 34.9 Å². The normalized spacial score (nSPS) is 35.4. The smallest absolute Gasteiger partial charge is 0.00202 e. The summed E-state index contributed by atoms with van der Waals surface area (Å²) in [5.41, 5.74) is 11.6. The van der Waals surface area contributed by atoms with E-state index in [1.54, 1.807) is 11.1 Å². The summed E-state index contributed by atoms with van der Waals surface area (Å²) in [5, 5.41) is 0. The zero-order valence-electron chi connectivity index (χ0n) is 14.2. The molecule has 1 heteroatoms. The van der Waals surface area contributed by atoms with Gasteiger partial charge in [0, 0.05) is 0 Å². The van der Waals surface area contributed by atoms with Crippen LogP contribution in [0.1, 0.15) is 76.0 Å². The highest BCUT2D eigenvalue weighted by molar-refractivity contribution is 5.42. The van der Waals surface area contributed by atoms with Gasteiger partial charge in [-0.2, -0.15) is 0 Å². The molecule has 0 saturated heterocycles. The van der Waals surface area contributed by atoms with Crippen LogP contribution in [0.2, 0.25) is 0 Å². The fourth-order valence-corrected chi connectivity index (χ4v) is 5.21. The highest BCUT2D eigenvalue weighted by Gasteiger charge is 2.51. The third kappa shape index (κ3) is 2.25. The van der Waals surface area contributed by atoms with Crippen molar-refractivity contribution >= 4 is 0 Å². The van der Waals surface area contributed by atoms with Crippen LogP contribution in [-0.4, -0.2) is 6.54 Å². The Kier molecular flexibility index (Phi) is 3.68. The molecule has 1 aromatic carbocycles. The predicted octanol–water partition coefficient (Wildman–Crippen LogP) is 4.78. The molecule has 1 fully saturated rings. The molecule has 3 atom stereocenters. The standard InChI is InChI=1S/C20H31N/c1-14(2)16-7-6-15-8-9-18-19(3,13-21)10-5-11-20(18,4)17(15)12-16/h6-7,12,14,18H,5,8-11,13,21H2,1-4H3/t18-,19+,20+/m1/s1. The molecule has 2 N–H and O–H groups in total. The van der Waals surface area contributed by atoms with E-state index in [1.165, 1.54) is 37.7 Å². The lowest BCUT2D eigenvalue weighted by atomic mass is 9.49. The van der Waals surface area contributed by atoms with Crippen molar-refractivity contribution < 1.29 is 0 Å². The molecule has 2 aliphatic carbocycles. The fourth-order valence-electron chi connectivity index (χ4n) is 5.21. The molecule has 0 aromatic heterocycles. The average molecular weight is 285 g/mol. The number of fused-ring (bicyclic) bond motifs is 3. The van der Waals surface area contributed by atoms with E-state index in [2.05, 4.69) is 45.9 Å². The molecule has 0 aliphatic heterocycles. The van der Waals surface area contributed by atoms with E-state index >= 15 is 0 Å². The van der Waals surface area contributed by atoms with E-state index in [4.69, 9.17) is 5.73 Å². The van der Waals surface area contributed by atoms with Crippen LogP contribution in [-0.2, 0) is 11.8 Å². The Labute approximate surface area is 130 Å².